The molecule has 1 amide bonds. The summed E-state index contributed by atoms with van der Waals surface area (Å²) < 4.78 is 20.9. The number of amides is 1. The molecule has 0 aliphatic carbocycles. The third kappa shape index (κ3) is 5.39. The van der Waals surface area contributed by atoms with Gasteiger partial charge in [0, 0.05) is 29.2 Å². The van der Waals surface area contributed by atoms with Crippen molar-refractivity contribution >= 4 is 38.4 Å². The van der Waals surface area contributed by atoms with Gasteiger partial charge in [0.2, 0.25) is 5.91 Å². The second-order valence-electron chi connectivity index (χ2n) is 7.15. The first kappa shape index (κ1) is 21.7. The van der Waals surface area contributed by atoms with E-state index in [9.17, 15) is 14.0 Å². The summed E-state index contributed by atoms with van der Waals surface area (Å²) >= 11 is 3.36. The van der Waals surface area contributed by atoms with Gasteiger partial charge in [-0.25, -0.2) is 9.37 Å². The Kier molecular flexibility index (Phi) is 6.61. The van der Waals surface area contributed by atoms with Crippen LogP contribution in [-0.2, 0) is 17.9 Å². The van der Waals surface area contributed by atoms with Crippen molar-refractivity contribution in [1.82, 2.24) is 9.55 Å². The van der Waals surface area contributed by atoms with Gasteiger partial charge in [-0.05, 0) is 48.0 Å². The Labute approximate surface area is 191 Å². The maximum absolute atomic E-state index is 13.0. The lowest BCUT2D eigenvalue weighted by atomic mass is 10.2. The Morgan fingerprint density at radius 1 is 1.09 bits per heavy atom. The normalized spacial score (nSPS) is 10.8. The van der Waals surface area contributed by atoms with E-state index in [1.165, 1.54) is 23.0 Å². The fourth-order valence-electron chi connectivity index (χ4n) is 3.15. The van der Waals surface area contributed by atoms with Crippen molar-refractivity contribution < 1.29 is 13.9 Å². The molecular formula is C24H19BrFN3O3. The molecule has 4 aromatic rings. The molecule has 1 N–H and O–H groups in total. The van der Waals surface area contributed by atoms with E-state index in [1.54, 1.807) is 48.5 Å². The monoisotopic (exact) mass is 495 g/mol. The standard InChI is InChI=1S/C24H19BrFN3O3/c25-17-6-9-22-21(12-17)24(31)29(15-27-22)11-10-23(30)28-19-2-1-3-20(13-19)32-14-16-4-7-18(26)8-5-16/h1-9,12-13,15H,10-11,14H2,(H,28,30). The molecule has 1 heterocycles. The van der Waals surface area contributed by atoms with E-state index < -0.39 is 0 Å². The van der Waals surface area contributed by atoms with Gasteiger partial charge >= 0.3 is 0 Å². The molecule has 0 spiro atoms. The van der Waals surface area contributed by atoms with Gasteiger partial charge in [-0.2, -0.15) is 0 Å². The zero-order valence-corrected chi connectivity index (χ0v) is 18.5. The van der Waals surface area contributed by atoms with Crippen LogP contribution in [0, 0.1) is 5.82 Å². The number of ether oxygens (including phenoxy) is 1. The van der Waals surface area contributed by atoms with Gasteiger partial charge in [0.25, 0.3) is 5.56 Å². The molecule has 3 aromatic carbocycles. The second-order valence-corrected chi connectivity index (χ2v) is 8.06. The molecular weight excluding hydrogens is 477 g/mol. The minimum absolute atomic E-state index is 0.113. The van der Waals surface area contributed by atoms with Crippen molar-refractivity contribution in [3.05, 3.63) is 99.3 Å². The molecule has 6 nitrogen and oxygen atoms in total. The van der Waals surface area contributed by atoms with Crippen molar-refractivity contribution in [2.24, 2.45) is 0 Å². The molecule has 0 saturated carbocycles. The van der Waals surface area contributed by atoms with Crippen molar-refractivity contribution in [2.45, 2.75) is 19.6 Å². The third-order valence-corrected chi connectivity index (χ3v) is 5.30. The van der Waals surface area contributed by atoms with Gasteiger partial charge < -0.3 is 10.1 Å². The number of aromatic nitrogens is 2. The Morgan fingerprint density at radius 3 is 2.72 bits per heavy atom. The fourth-order valence-corrected chi connectivity index (χ4v) is 3.51. The van der Waals surface area contributed by atoms with Gasteiger partial charge in [0.15, 0.2) is 0 Å². The molecule has 8 heteroatoms. The van der Waals surface area contributed by atoms with Crippen molar-refractivity contribution in [3.8, 4) is 5.75 Å². The van der Waals surface area contributed by atoms with Gasteiger partial charge in [-0.15, -0.1) is 0 Å². The number of hydrogen-bond acceptors (Lipinski definition) is 4. The number of aryl methyl sites for hydroxylation is 1. The SMILES string of the molecule is O=C(CCn1cnc2ccc(Br)cc2c1=O)Nc1cccc(OCc2ccc(F)cc2)c1. The van der Waals surface area contributed by atoms with Gasteiger partial charge in [-0.1, -0.05) is 34.1 Å². The zero-order chi connectivity index (χ0) is 22.5. The lowest BCUT2D eigenvalue weighted by Gasteiger charge is -2.10. The minimum atomic E-state index is -0.298. The van der Waals surface area contributed by atoms with E-state index in [0.29, 0.717) is 22.3 Å². The maximum atomic E-state index is 13.0. The summed E-state index contributed by atoms with van der Waals surface area (Å²) in [4.78, 5) is 29.3. The number of nitrogens with zero attached hydrogens (tertiary/aromatic N) is 2. The minimum Gasteiger partial charge on any atom is -0.489 e. The molecule has 1 aromatic heterocycles. The van der Waals surface area contributed by atoms with E-state index in [0.717, 1.165) is 10.0 Å². The van der Waals surface area contributed by atoms with Crippen LogP contribution in [0.1, 0.15) is 12.0 Å². The highest BCUT2D eigenvalue weighted by atomic mass is 79.9. The van der Waals surface area contributed by atoms with Crippen molar-refractivity contribution in [2.75, 3.05) is 5.32 Å². The first-order valence-corrected chi connectivity index (χ1v) is 10.7. The van der Waals surface area contributed by atoms with E-state index in [-0.39, 0.29) is 36.9 Å². The topological polar surface area (TPSA) is 73.2 Å². The first-order chi connectivity index (χ1) is 15.5. The molecule has 4 rings (SSSR count). The van der Waals surface area contributed by atoms with Gasteiger partial charge in [-0.3, -0.25) is 14.2 Å². The van der Waals surface area contributed by atoms with Gasteiger partial charge in [0.05, 0.1) is 17.2 Å². The highest BCUT2D eigenvalue weighted by Crippen LogP contribution is 2.19. The molecule has 0 fully saturated rings. The van der Waals surface area contributed by atoms with E-state index in [2.05, 4.69) is 26.2 Å². The zero-order valence-electron chi connectivity index (χ0n) is 16.9. The van der Waals surface area contributed by atoms with Crippen LogP contribution in [0.15, 0.2) is 82.3 Å². The molecule has 0 aliphatic rings. The van der Waals surface area contributed by atoms with Crippen molar-refractivity contribution in [3.63, 3.8) is 0 Å². The lowest BCUT2D eigenvalue weighted by Crippen LogP contribution is -2.23. The first-order valence-electron chi connectivity index (χ1n) is 9.90. The molecule has 32 heavy (non-hydrogen) atoms. The van der Waals surface area contributed by atoms with Crippen LogP contribution in [0.25, 0.3) is 10.9 Å². The highest BCUT2D eigenvalue weighted by Gasteiger charge is 2.08. The number of benzene rings is 3. The fraction of sp³-hybridized carbons (Fsp3) is 0.125. The van der Waals surface area contributed by atoms with E-state index >= 15 is 0 Å². The van der Waals surface area contributed by atoms with Crippen LogP contribution in [-0.4, -0.2) is 15.5 Å². The Morgan fingerprint density at radius 2 is 1.91 bits per heavy atom. The average molecular weight is 496 g/mol. The van der Waals surface area contributed by atoms with Crippen LogP contribution in [0.4, 0.5) is 10.1 Å². The summed E-state index contributed by atoms with van der Waals surface area (Å²) in [6, 6.07) is 18.4. The molecule has 0 saturated heterocycles. The lowest BCUT2D eigenvalue weighted by molar-refractivity contribution is -0.116. The number of carbonyl (C=O) groups excluding carboxylic acids is 1. The summed E-state index contributed by atoms with van der Waals surface area (Å²) in [6.07, 6.45) is 1.57. The number of anilines is 1. The summed E-state index contributed by atoms with van der Waals surface area (Å²) in [5.41, 5.74) is 1.83. The smallest absolute Gasteiger partial charge is 0.261 e. The van der Waals surface area contributed by atoms with Crippen LogP contribution in [0.2, 0.25) is 0 Å². The average Bonchev–Trinajstić information content (AvgIpc) is 2.79. The number of hydrogen-bond donors (Lipinski definition) is 1. The van der Waals surface area contributed by atoms with Crippen LogP contribution in [0.5, 0.6) is 5.75 Å². The molecule has 162 valence electrons. The van der Waals surface area contributed by atoms with Crippen LogP contribution < -0.4 is 15.6 Å². The van der Waals surface area contributed by atoms with Gasteiger partial charge in [0.1, 0.15) is 18.2 Å². The predicted molar refractivity (Wildman–Crippen MR) is 124 cm³/mol. The second kappa shape index (κ2) is 9.74. The van der Waals surface area contributed by atoms with Crippen LogP contribution >= 0.6 is 15.9 Å². The third-order valence-electron chi connectivity index (χ3n) is 4.80. The summed E-state index contributed by atoms with van der Waals surface area (Å²) in [5, 5.41) is 3.31. The van der Waals surface area contributed by atoms with E-state index in [1.807, 2.05) is 6.07 Å². The predicted octanol–water partition coefficient (Wildman–Crippen LogP) is 4.91. The molecule has 0 aliphatic heterocycles. The Hall–Kier alpha value is -3.52. The molecule has 0 unspecified atom stereocenters. The summed E-state index contributed by atoms with van der Waals surface area (Å²) in [7, 11) is 0. The number of halogens is 2. The number of nitrogens with one attached hydrogen (secondary N) is 1. The Balaban J connectivity index is 1.35. The molecule has 0 atom stereocenters. The molecule has 0 radical (unpaired) electrons. The van der Waals surface area contributed by atoms with E-state index in [4.69, 9.17) is 4.74 Å². The van der Waals surface area contributed by atoms with Crippen LogP contribution in [0.3, 0.4) is 0 Å². The Bertz CT molecular complexity index is 1320. The summed E-state index contributed by atoms with van der Waals surface area (Å²) in [5.74, 6) is 0.0441. The molecule has 0 bridgehead atoms. The van der Waals surface area contributed by atoms with Crippen molar-refractivity contribution in [1.29, 1.82) is 0 Å². The summed E-state index contributed by atoms with van der Waals surface area (Å²) in [6.45, 7) is 0.493. The number of rotatable bonds is 7. The largest absolute Gasteiger partial charge is 0.489 e. The maximum Gasteiger partial charge on any atom is 0.261 e. The number of fused-ring (bicyclic) bond motifs is 1. The quantitative estimate of drug-likeness (QED) is 0.395. The highest BCUT2D eigenvalue weighted by molar-refractivity contribution is 9.10. The number of carbonyl (C=O) groups is 1.